The van der Waals surface area contributed by atoms with E-state index < -0.39 is 11.7 Å². The molecule has 3 aromatic heterocycles. The number of fused-ring (bicyclic) bond motifs is 1. The topological polar surface area (TPSA) is 105 Å². The smallest absolute Gasteiger partial charge is 0.407 e. The van der Waals surface area contributed by atoms with Crippen LogP contribution in [0.2, 0.25) is 0 Å². The average molecular weight is 483 g/mol. The van der Waals surface area contributed by atoms with E-state index in [1.165, 1.54) is 0 Å². The fourth-order valence-electron chi connectivity index (χ4n) is 4.20. The molecule has 4 heterocycles. The number of nitrogens with one attached hydrogen (secondary N) is 1. The summed E-state index contributed by atoms with van der Waals surface area (Å²) in [6.45, 7) is 12.6. The molecular weight excluding hydrogens is 448 g/mol. The number of carbonyl (C=O) groups is 1. The Kier molecular flexibility index (Phi) is 7.11. The fourth-order valence-corrected chi connectivity index (χ4v) is 4.20. The molecule has 0 saturated carbocycles. The van der Waals surface area contributed by atoms with Crippen molar-refractivity contribution in [1.82, 2.24) is 29.9 Å². The third-order valence-corrected chi connectivity index (χ3v) is 5.68. The first-order valence-corrected chi connectivity index (χ1v) is 11.9. The summed E-state index contributed by atoms with van der Waals surface area (Å²) in [5, 5.41) is 12.9. The molecule has 1 N–H and O–H groups in total. The lowest BCUT2D eigenvalue weighted by atomic mass is 10.1. The van der Waals surface area contributed by atoms with Gasteiger partial charge in [0.1, 0.15) is 12.2 Å². The number of amides is 1. The summed E-state index contributed by atoms with van der Waals surface area (Å²) >= 11 is 0. The third kappa shape index (κ3) is 5.48. The van der Waals surface area contributed by atoms with E-state index in [1.54, 1.807) is 10.8 Å². The number of alkyl carbamates (subject to hydrolysis) is 1. The lowest BCUT2D eigenvalue weighted by Crippen LogP contribution is -2.34. The van der Waals surface area contributed by atoms with Gasteiger partial charge in [0.05, 0.1) is 40.9 Å². The third-order valence-electron chi connectivity index (χ3n) is 5.68. The molecule has 1 aliphatic heterocycles. The molecule has 1 atom stereocenters. The molecular formula is C25H34N6O4. The van der Waals surface area contributed by atoms with E-state index in [4.69, 9.17) is 24.3 Å². The number of rotatable bonds is 7. The summed E-state index contributed by atoms with van der Waals surface area (Å²) in [4.78, 5) is 16.6. The van der Waals surface area contributed by atoms with Gasteiger partial charge in [-0.05, 0) is 59.1 Å². The second-order valence-electron chi connectivity index (χ2n) is 9.61. The van der Waals surface area contributed by atoms with Gasteiger partial charge in [-0.3, -0.25) is 4.98 Å². The van der Waals surface area contributed by atoms with E-state index in [2.05, 4.69) is 17.0 Å². The highest BCUT2D eigenvalue weighted by atomic mass is 16.6. The number of pyridine rings is 1. The number of nitrogens with zero attached hydrogens (tertiary/aromatic N) is 5. The first kappa shape index (κ1) is 24.7. The molecule has 0 bridgehead atoms. The van der Waals surface area contributed by atoms with Crippen molar-refractivity contribution in [1.29, 1.82) is 0 Å². The average Bonchev–Trinajstić information content (AvgIpc) is 3.31. The Hall–Kier alpha value is -3.40. The van der Waals surface area contributed by atoms with Gasteiger partial charge in [-0.1, -0.05) is 6.58 Å². The van der Waals surface area contributed by atoms with Crippen LogP contribution in [0.1, 0.15) is 57.6 Å². The Balaban J connectivity index is 1.57. The number of ether oxygens (including phenoxy) is 3. The zero-order valence-electron chi connectivity index (χ0n) is 21.1. The van der Waals surface area contributed by atoms with Crippen molar-refractivity contribution in [3.05, 3.63) is 30.2 Å². The van der Waals surface area contributed by atoms with Crippen LogP contribution in [-0.4, -0.2) is 56.0 Å². The number of carbonyl (C=O) groups excluding carboxylic acids is 1. The van der Waals surface area contributed by atoms with Crippen LogP contribution < -0.4 is 10.1 Å². The van der Waals surface area contributed by atoms with Crippen LogP contribution in [0, 0.1) is 6.92 Å². The predicted molar refractivity (Wildman–Crippen MR) is 133 cm³/mol. The monoisotopic (exact) mass is 482 g/mol. The van der Waals surface area contributed by atoms with Crippen molar-refractivity contribution in [2.45, 2.75) is 58.8 Å². The van der Waals surface area contributed by atoms with Crippen LogP contribution in [0.4, 0.5) is 4.79 Å². The van der Waals surface area contributed by atoms with Gasteiger partial charge < -0.3 is 19.5 Å². The Morgan fingerprint density at radius 1 is 1.34 bits per heavy atom. The van der Waals surface area contributed by atoms with Crippen LogP contribution in [0.15, 0.2) is 18.8 Å². The van der Waals surface area contributed by atoms with Crippen LogP contribution >= 0.6 is 0 Å². The molecule has 1 saturated heterocycles. The molecule has 0 aliphatic carbocycles. The van der Waals surface area contributed by atoms with Crippen LogP contribution in [0.25, 0.3) is 28.2 Å². The van der Waals surface area contributed by atoms with Crippen molar-refractivity contribution in [2.75, 3.05) is 19.8 Å². The van der Waals surface area contributed by atoms with Gasteiger partial charge in [-0.15, -0.1) is 0 Å². The number of hydrogen-bond donors (Lipinski definition) is 1. The zero-order chi connectivity index (χ0) is 25.2. The largest absolute Gasteiger partial charge is 0.475 e. The highest BCUT2D eigenvalue weighted by molar-refractivity contribution is 5.90. The van der Waals surface area contributed by atoms with E-state index in [1.807, 2.05) is 51.7 Å². The lowest BCUT2D eigenvalue weighted by Gasteiger charge is -2.23. The lowest BCUT2D eigenvalue weighted by molar-refractivity contribution is -0.0367. The minimum atomic E-state index is -0.553. The summed E-state index contributed by atoms with van der Waals surface area (Å²) in [6.07, 6.45) is 6.10. The van der Waals surface area contributed by atoms with Gasteiger partial charge in [0, 0.05) is 19.0 Å². The molecule has 35 heavy (non-hydrogen) atoms. The predicted octanol–water partition coefficient (Wildman–Crippen LogP) is 4.39. The maximum atomic E-state index is 11.9. The maximum absolute atomic E-state index is 11.9. The molecule has 10 nitrogen and oxygen atoms in total. The highest BCUT2D eigenvalue weighted by Gasteiger charge is 2.23. The summed E-state index contributed by atoms with van der Waals surface area (Å²) in [5.74, 6) is 0.573. The molecule has 4 rings (SSSR count). The summed E-state index contributed by atoms with van der Waals surface area (Å²) in [7, 11) is 1.82. The van der Waals surface area contributed by atoms with E-state index in [0.717, 1.165) is 59.4 Å². The number of hydrogen-bond acceptors (Lipinski definition) is 7. The van der Waals surface area contributed by atoms with Gasteiger partial charge in [0.15, 0.2) is 6.23 Å². The summed E-state index contributed by atoms with van der Waals surface area (Å²) in [6, 6.07) is 1.99. The minimum absolute atomic E-state index is 0.0934. The summed E-state index contributed by atoms with van der Waals surface area (Å²) in [5.41, 5.74) is 3.44. The molecule has 1 unspecified atom stereocenters. The minimum Gasteiger partial charge on any atom is -0.475 e. The van der Waals surface area contributed by atoms with Crippen molar-refractivity contribution in [3.8, 4) is 17.1 Å². The van der Waals surface area contributed by atoms with Gasteiger partial charge in [-0.25, -0.2) is 14.2 Å². The van der Waals surface area contributed by atoms with Crippen LogP contribution in [0.5, 0.6) is 5.88 Å². The number of aromatic nitrogens is 5. The quantitative estimate of drug-likeness (QED) is 0.498. The Labute approximate surface area is 205 Å². The van der Waals surface area contributed by atoms with Gasteiger partial charge in [0.25, 0.3) is 0 Å². The molecule has 1 fully saturated rings. The van der Waals surface area contributed by atoms with Gasteiger partial charge >= 0.3 is 6.09 Å². The molecule has 1 aliphatic rings. The second-order valence-corrected chi connectivity index (χ2v) is 9.61. The molecule has 0 spiro atoms. The molecule has 0 aromatic carbocycles. The van der Waals surface area contributed by atoms with E-state index in [-0.39, 0.29) is 12.8 Å². The molecule has 3 aromatic rings. The first-order valence-electron chi connectivity index (χ1n) is 11.9. The van der Waals surface area contributed by atoms with E-state index in [9.17, 15) is 4.79 Å². The van der Waals surface area contributed by atoms with E-state index >= 15 is 0 Å². The Morgan fingerprint density at radius 2 is 2.14 bits per heavy atom. The standard InChI is InChI=1S/C25H34N6O4/c1-7-18-17-14-19(27-15-20(17)31(29-18)21-10-8-9-12-33-21)22-16(2)28-30(6)23(22)34-13-11-26-24(32)35-25(3,4)5/h7,14-15,21H,1,8-13H2,2-6H3,(H,26,32). The van der Waals surface area contributed by atoms with Crippen LogP contribution in [0.3, 0.4) is 0 Å². The molecule has 1 amide bonds. The van der Waals surface area contributed by atoms with Crippen molar-refractivity contribution < 1.29 is 19.0 Å². The Bertz CT molecular complexity index is 1220. The molecule has 188 valence electrons. The first-order chi connectivity index (χ1) is 16.7. The normalized spacial score (nSPS) is 16.3. The SMILES string of the molecule is C=Cc1nn(C2CCCCO2)c2cnc(-c3c(C)nn(C)c3OCCNC(=O)OC(C)(C)C)cc12. The molecule has 10 heteroatoms. The van der Waals surface area contributed by atoms with Gasteiger partial charge in [-0.2, -0.15) is 10.2 Å². The molecule has 0 radical (unpaired) electrons. The maximum Gasteiger partial charge on any atom is 0.407 e. The zero-order valence-corrected chi connectivity index (χ0v) is 21.1. The van der Waals surface area contributed by atoms with Crippen molar-refractivity contribution in [3.63, 3.8) is 0 Å². The fraction of sp³-hybridized carbons (Fsp3) is 0.520. The van der Waals surface area contributed by atoms with Gasteiger partial charge in [0.2, 0.25) is 5.88 Å². The van der Waals surface area contributed by atoms with E-state index in [0.29, 0.717) is 12.4 Å². The highest BCUT2D eigenvalue weighted by Crippen LogP contribution is 2.35. The van der Waals surface area contributed by atoms with Crippen LogP contribution in [-0.2, 0) is 16.5 Å². The van der Waals surface area contributed by atoms with Crippen molar-refractivity contribution in [2.24, 2.45) is 7.05 Å². The Morgan fingerprint density at radius 3 is 2.83 bits per heavy atom. The van der Waals surface area contributed by atoms with Crippen molar-refractivity contribution >= 4 is 23.1 Å². The summed E-state index contributed by atoms with van der Waals surface area (Å²) < 4.78 is 20.8. The second kappa shape index (κ2) is 10.1. The number of aryl methyl sites for hydroxylation is 2.